The summed E-state index contributed by atoms with van der Waals surface area (Å²) < 4.78 is 19.8. The Morgan fingerprint density at radius 1 is 1.24 bits per heavy atom. The number of rotatable bonds is 4. The van der Waals surface area contributed by atoms with Crippen LogP contribution in [0.3, 0.4) is 0 Å². The maximum Gasteiger partial charge on any atom is 0.126 e. The summed E-state index contributed by atoms with van der Waals surface area (Å²) in [6, 6.07) is 5.10. The first-order chi connectivity index (χ1) is 9.83. The van der Waals surface area contributed by atoms with Gasteiger partial charge in [-0.1, -0.05) is 26.0 Å². The largest absolute Gasteiger partial charge is 0.376 e. The number of ether oxygens (including phenoxy) is 1. The molecule has 1 unspecified atom stereocenters. The summed E-state index contributed by atoms with van der Waals surface area (Å²) in [5, 5.41) is 0. The number of aryl methyl sites for hydroxylation is 1. The van der Waals surface area contributed by atoms with E-state index in [-0.39, 0.29) is 17.5 Å². The quantitative estimate of drug-likeness (QED) is 0.658. The lowest BCUT2D eigenvalue weighted by atomic mass is 9.67. The highest BCUT2D eigenvalue weighted by atomic mass is 19.1. The van der Waals surface area contributed by atoms with Gasteiger partial charge in [-0.15, -0.1) is 0 Å². The van der Waals surface area contributed by atoms with Crippen molar-refractivity contribution in [2.75, 3.05) is 7.11 Å². The molecule has 3 nitrogen and oxygen atoms in total. The van der Waals surface area contributed by atoms with Crippen LogP contribution in [0.1, 0.15) is 56.7 Å². The maximum atomic E-state index is 13.9. The third-order valence-corrected chi connectivity index (χ3v) is 5.08. The monoisotopic (exact) mass is 294 g/mol. The van der Waals surface area contributed by atoms with Crippen molar-refractivity contribution >= 4 is 0 Å². The van der Waals surface area contributed by atoms with Crippen molar-refractivity contribution in [1.82, 2.24) is 5.43 Å². The molecule has 0 amide bonds. The molecule has 1 aliphatic rings. The highest BCUT2D eigenvalue weighted by Gasteiger charge is 2.44. The molecule has 1 atom stereocenters. The third-order valence-electron chi connectivity index (χ3n) is 5.08. The van der Waals surface area contributed by atoms with E-state index in [1.54, 1.807) is 26.2 Å². The van der Waals surface area contributed by atoms with Crippen molar-refractivity contribution in [2.45, 2.75) is 58.1 Å². The van der Waals surface area contributed by atoms with Crippen LogP contribution in [0.2, 0.25) is 0 Å². The minimum Gasteiger partial charge on any atom is -0.376 e. The second-order valence-electron chi connectivity index (χ2n) is 7.04. The van der Waals surface area contributed by atoms with Gasteiger partial charge in [-0.25, -0.2) is 4.39 Å². The molecule has 2 rings (SSSR count). The fourth-order valence-corrected chi connectivity index (χ4v) is 3.30. The fourth-order valence-electron chi connectivity index (χ4n) is 3.30. The van der Waals surface area contributed by atoms with Gasteiger partial charge in [0.05, 0.1) is 11.6 Å². The molecular formula is C17H27FN2O. The summed E-state index contributed by atoms with van der Waals surface area (Å²) in [7, 11) is 1.73. The molecule has 0 aliphatic heterocycles. The fraction of sp³-hybridized carbons (Fsp3) is 0.647. The van der Waals surface area contributed by atoms with Gasteiger partial charge in [0.2, 0.25) is 0 Å². The van der Waals surface area contributed by atoms with Crippen LogP contribution in [-0.2, 0) is 4.74 Å². The minimum absolute atomic E-state index is 0.199. The highest BCUT2D eigenvalue weighted by Crippen LogP contribution is 2.47. The number of hydrogen-bond acceptors (Lipinski definition) is 3. The van der Waals surface area contributed by atoms with Gasteiger partial charge in [0.15, 0.2) is 0 Å². The average Bonchev–Trinajstić information content (AvgIpc) is 2.45. The molecule has 4 heteroatoms. The second kappa shape index (κ2) is 6.03. The van der Waals surface area contributed by atoms with Crippen molar-refractivity contribution in [1.29, 1.82) is 0 Å². The Hall–Kier alpha value is -0.970. The second-order valence-corrected chi connectivity index (χ2v) is 7.04. The Balaban J connectivity index is 2.31. The van der Waals surface area contributed by atoms with E-state index in [0.29, 0.717) is 11.0 Å². The molecule has 0 aromatic heterocycles. The number of halogens is 1. The molecule has 1 aromatic carbocycles. The molecule has 1 aliphatic carbocycles. The molecule has 1 fully saturated rings. The van der Waals surface area contributed by atoms with Crippen LogP contribution in [0.15, 0.2) is 18.2 Å². The molecule has 0 bridgehead atoms. The molecule has 1 saturated carbocycles. The van der Waals surface area contributed by atoms with Gasteiger partial charge < -0.3 is 4.74 Å². The molecule has 21 heavy (non-hydrogen) atoms. The van der Waals surface area contributed by atoms with E-state index >= 15 is 0 Å². The molecule has 3 N–H and O–H groups in total. The van der Waals surface area contributed by atoms with Crippen molar-refractivity contribution < 1.29 is 9.13 Å². The molecule has 0 radical (unpaired) electrons. The smallest absolute Gasteiger partial charge is 0.126 e. The zero-order valence-electron chi connectivity index (χ0n) is 13.5. The van der Waals surface area contributed by atoms with Crippen molar-refractivity contribution in [3.8, 4) is 0 Å². The van der Waals surface area contributed by atoms with Gasteiger partial charge in [0.25, 0.3) is 0 Å². The summed E-state index contributed by atoms with van der Waals surface area (Å²) in [6.07, 6.45) is 3.99. The normalized spacial score (nSPS) is 22.0. The van der Waals surface area contributed by atoms with Crippen LogP contribution in [0.4, 0.5) is 4.39 Å². The van der Waals surface area contributed by atoms with Crippen LogP contribution in [-0.4, -0.2) is 12.7 Å². The zero-order chi connectivity index (χ0) is 15.7. The van der Waals surface area contributed by atoms with E-state index in [4.69, 9.17) is 10.6 Å². The predicted molar refractivity (Wildman–Crippen MR) is 83.2 cm³/mol. The molecule has 1 aromatic rings. The number of benzene rings is 1. The number of hydrogen-bond donors (Lipinski definition) is 2. The van der Waals surface area contributed by atoms with Crippen LogP contribution >= 0.6 is 0 Å². The van der Waals surface area contributed by atoms with Crippen LogP contribution in [0.5, 0.6) is 0 Å². The summed E-state index contributed by atoms with van der Waals surface area (Å²) in [4.78, 5) is 0. The highest BCUT2D eigenvalue weighted by molar-refractivity contribution is 5.28. The maximum absolute atomic E-state index is 13.9. The van der Waals surface area contributed by atoms with Crippen molar-refractivity contribution in [2.24, 2.45) is 11.3 Å². The Morgan fingerprint density at radius 2 is 1.86 bits per heavy atom. The summed E-state index contributed by atoms with van der Waals surface area (Å²) >= 11 is 0. The minimum atomic E-state index is -0.369. The van der Waals surface area contributed by atoms with Crippen LogP contribution in [0, 0.1) is 18.2 Å². The van der Waals surface area contributed by atoms with Crippen LogP contribution in [0.25, 0.3) is 0 Å². The summed E-state index contributed by atoms with van der Waals surface area (Å²) in [5.74, 6) is 5.60. The van der Waals surface area contributed by atoms with E-state index in [9.17, 15) is 4.39 Å². The zero-order valence-corrected chi connectivity index (χ0v) is 13.5. The van der Waals surface area contributed by atoms with E-state index in [2.05, 4.69) is 19.3 Å². The topological polar surface area (TPSA) is 47.3 Å². The van der Waals surface area contributed by atoms with Crippen molar-refractivity contribution in [3.05, 3.63) is 35.1 Å². The lowest BCUT2D eigenvalue weighted by Gasteiger charge is -2.47. The van der Waals surface area contributed by atoms with Gasteiger partial charge in [-0.3, -0.25) is 11.3 Å². The molecule has 0 saturated heterocycles. The molecule has 118 valence electrons. The van der Waals surface area contributed by atoms with Gasteiger partial charge in [0.1, 0.15) is 5.82 Å². The van der Waals surface area contributed by atoms with Gasteiger partial charge in [-0.2, -0.15) is 0 Å². The molecule has 0 spiro atoms. The van der Waals surface area contributed by atoms with Crippen LogP contribution < -0.4 is 11.3 Å². The predicted octanol–water partition coefficient (Wildman–Crippen LogP) is 3.62. The van der Waals surface area contributed by atoms with Crippen molar-refractivity contribution in [3.63, 3.8) is 0 Å². The summed E-state index contributed by atoms with van der Waals surface area (Å²) in [6.45, 7) is 6.32. The standard InChI is InChI=1S/C17H27FN2O/c1-12-5-6-13(11-14(12)18)15(20-19)17(21-4)9-7-16(2,3)8-10-17/h5-6,11,15,20H,7-10,19H2,1-4H3. The van der Waals surface area contributed by atoms with Gasteiger partial charge in [0, 0.05) is 7.11 Å². The number of nitrogens with one attached hydrogen (secondary N) is 1. The first kappa shape index (κ1) is 16.4. The van der Waals surface area contributed by atoms with E-state index < -0.39 is 0 Å². The number of nitrogens with two attached hydrogens (primary N) is 1. The lowest BCUT2D eigenvalue weighted by molar-refractivity contribution is -0.0877. The van der Waals surface area contributed by atoms with E-state index in [1.165, 1.54) is 0 Å². The van der Waals surface area contributed by atoms with Gasteiger partial charge >= 0.3 is 0 Å². The lowest BCUT2D eigenvalue weighted by Crippen LogP contribution is -2.51. The van der Waals surface area contributed by atoms with E-state index in [1.807, 2.05) is 6.07 Å². The third kappa shape index (κ3) is 3.28. The average molecular weight is 294 g/mol. The summed E-state index contributed by atoms with van der Waals surface area (Å²) in [5.41, 5.74) is 4.32. The SMILES string of the molecule is COC1(C(NN)c2ccc(C)c(F)c2)CCC(C)(C)CC1. The number of hydrazine groups is 1. The Morgan fingerprint density at radius 3 is 2.33 bits per heavy atom. The van der Waals surface area contributed by atoms with Gasteiger partial charge in [-0.05, 0) is 55.2 Å². The Bertz CT molecular complexity index is 492. The first-order valence-electron chi connectivity index (χ1n) is 7.61. The Labute approximate surface area is 127 Å². The van der Waals surface area contributed by atoms with E-state index in [0.717, 1.165) is 31.2 Å². The number of methoxy groups -OCH3 is 1. The first-order valence-corrected chi connectivity index (χ1v) is 7.61. The molecule has 0 heterocycles. The Kier molecular flexibility index (Phi) is 4.71. The molecular weight excluding hydrogens is 267 g/mol.